The second-order valence-electron chi connectivity index (χ2n) is 9.96. The summed E-state index contributed by atoms with van der Waals surface area (Å²) in [7, 11) is 0. The summed E-state index contributed by atoms with van der Waals surface area (Å²) in [6.07, 6.45) is 6.18. The van der Waals surface area contributed by atoms with E-state index in [1.165, 1.54) is 23.6 Å². The highest BCUT2D eigenvalue weighted by atomic mass is 19.1. The molecule has 2 bridgehead atoms. The molecule has 0 aliphatic carbocycles. The number of nitrogen functional groups attached to an aromatic ring is 1. The van der Waals surface area contributed by atoms with E-state index in [1.54, 1.807) is 29.4 Å². The lowest BCUT2D eigenvalue weighted by Crippen LogP contribution is -2.48. The SMILES string of the molecule is CC(=O)c1c([C@@H]2C[C@H]3CC[C@@H](C2)N3C(N)=O)nc2c(-c3ccc(-c4ccc(F)cc4F)nc3)cnn2c1N. The molecule has 5 heterocycles. The van der Waals surface area contributed by atoms with Crippen molar-refractivity contribution in [3.63, 3.8) is 0 Å². The Hall–Kier alpha value is -4.41. The molecule has 1 aromatic carbocycles. The van der Waals surface area contributed by atoms with Crippen LogP contribution in [0.1, 0.15) is 54.6 Å². The van der Waals surface area contributed by atoms with Crippen LogP contribution in [0.4, 0.5) is 19.4 Å². The van der Waals surface area contributed by atoms with Gasteiger partial charge in [-0.05, 0) is 50.8 Å². The molecule has 194 valence electrons. The van der Waals surface area contributed by atoms with Gasteiger partial charge in [-0.1, -0.05) is 6.07 Å². The number of nitrogens with two attached hydrogens (primary N) is 2. The summed E-state index contributed by atoms with van der Waals surface area (Å²) in [6, 6.07) is 6.32. The Labute approximate surface area is 216 Å². The van der Waals surface area contributed by atoms with Gasteiger partial charge in [-0.25, -0.2) is 18.6 Å². The summed E-state index contributed by atoms with van der Waals surface area (Å²) in [5, 5.41) is 4.38. The van der Waals surface area contributed by atoms with Crippen LogP contribution in [0.3, 0.4) is 0 Å². The van der Waals surface area contributed by atoms with Crippen molar-refractivity contribution in [1.29, 1.82) is 0 Å². The molecule has 3 atom stereocenters. The lowest BCUT2D eigenvalue weighted by atomic mass is 9.85. The maximum absolute atomic E-state index is 14.2. The Morgan fingerprint density at radius 1 is 1.03 bits per heavy atom. The van der Waals surface area contributed by atoms with Gasteiger partial charge in [-0.2, -0.15) is 9.61 Å². The van der Waals surface area contributed by atoms with Crippen molar-refractivity contribution in [2.45, 2.75) is 50.6 Å². The summed E-state index contributed by atoms with van der Waals surface area (Å²) >= 11 is 0. The second-order valence-corrected chi connectivity index (χ2v) is 9.96. The molecule has 4 aromatic rings. The van der Waals surface area contributed by atoms with E-state index in [9.17, 15) is 18.4 Å². The number of carbonyl (C=O) groups is 2. The van der Waals surface area contributed by atoms with Crippen molar-refractivity contribution in [3.8, 4) is 22.4 Å². The topological polar surface area (TPSA) is 132 Å². The third-order valence-corrected chi connectivity index (χ3v) is 7.72. The predicted molar refractivity (Wildman–Crippen MR) is 136 cm³/mol. The Kier molecular flexibility index (Phi) is 5.59. The molecule has 4 N–H and O–H groups in total. The Morgan fingerprint density at radius 2 is 1.76 bits per heavy atom. The van der Waals surface area contributed by atoms with Crippen molar-refractivity contribution in [2.24, 2.45) is 5.73 Å². The molecule has 2 fully saturated rings. The van der Waals surface area contributed by atoms with Crippen LogP contribution in [0.5, 0.6) is 0 Å². The molecule has 0 radical (unpaired) electrons. The maximum Gasteiger partial charge on any atom is 0.315 e. The lowest BCUT2D eigenvalue weighted by Gasteiger charge is -2.38. The van der Waals surface area contributed by atoms with Crippen LogP contribution in [0.2, 0.25) is 0 Å². The van der Waals surface area contributed by atoms with E-state index in [0.29, 0.717) is 46.6 Å². The molecule has 0 saturated carbocycles. The van der Waals surface area contributed by atoms with Gasteiger partial charge in [0.2, 0.25) is 0 Å². The molecule has 2 amide bonds. The molecule has 2 aliphatic rings. The molecular formula is C27H25F2N7O2. The van der Waals surface area contributed by atoms with Gasteiger partial charge in [0.15, 0.2) is 11.4 Å². The molecule has 9 nitrogen and oxygen atoms in total. The smallest absolute Gasteiger partial charge is 0.315 e. The third-order valence-electron chi connectivity index (χ3n) is 7.72. The molecular weight excluding hydrogens is 492 g/mol. The van der Waals surface area contributed by atoms with Crippen LogP contribution < -0.4 is 11.5 Å². The lowest BCUT2D eigenvalue weighted by molar-refractivity contribution is 0.101. The monoisotopic (exact) mass is 517 g/mol. The summed E-state index contributed by atoms with van der Waals surface area (Å²) in [4.78, 5) is 35.7. The Balaban J connectivity index is 1.41. The zero-order chi connectivity index (χ0) is 26.7. The van der Waals surface area contributed by atoms with Crippen molar-refractivity contribution in [1.82, 2.24) is 24.5 Å². The van der Waals surface area contributed by atoms with E-state index in [2.05, 4.69) is 10.1 Å². The number of pyridine rings is 1. The molecule has 3 aromatic heterocycles. The number of carbonyl (C=O) groups excluding carboxylic acids is 2. The first-order chi connectivity index (χ1) is 18.2. The molecule has 38 heavy (non-hydrogen) atoms. The van der Waals surface area contributed by atoms with Crippen molar-refractivity contribution >= 4 is 23.3 Å². The predicted octanol–water partition coefficient (Wildman–Crippen LogP) is 4.31. The van der Waals surface area contributed by atoms with Crippen LogP contribution in [-0.4, -0.2) is 48.4 Å². The molecule has 2 aliphatic heterocycles. The molecule has 11 heteroatoms. The number of halogens is 2. The van der Waals surface area contributed by atoms with Gasteiger partial charge >= 0.3 is 6.03 Å². The fraction of sp³-hybridized carbons (Fsp3) is 0.296. The number of hydrogen-bond donors (Lipinski definition) is 2. The van der Waals surface area contributed by atoms with Gasteiger partial charge in [0, 0.05) is 47.0 Å². The number of piperidine rings is 1. The number of benzene rings is 1. The largest absolute Gasteiger partial charge is 0.383 e. The molecule has 0 spiro atoms. The zero-order valence-electron chi connectivity index (χ0n) is 20.6. The summed E-state index contributed by atoms with van der Waals surface area (Å²) in [5.41, 5.74) is 15.4. The highest BCUT2D eigenvalue weighted by molar-refractivity contribution is 6.00. The molecule has 6 rings (SSSR count). The van der Waals surface area contributed by atoms with E-state index >= 15 is 0 Å². The highest BCUT2D eigenvalue weighted by Gasteiger charge is 2.44. The van der Waals surface area contributed by atoms with E-state index < -0.39 is 17.7 Å². The number of aromatic nitrogens is 4. The van der Waals surface area contributed by atoms with Crippen molar-refractivity contribution < 1.29 is 18.4 Å². The van der Waals surface area contributed by atoms with Crippen molar-refractivity contribution in [3.05, 3.63) is 65.6 Å². The van der Waals surface area contributed by atoms with E-state index in [-0.39, 0.29) is 35.2 Å². The standard InChI is InChI=1S/C27H25F2N7O2/c1-13(37)23-24(15-8-17-4-5-18(9-15)35(17)27(31)38)34-26-20(12-33-36(26)25(23)30)14-2-7-22(32-11-14)19-6-3-16(28)10-21(19)29/h2-3,6-7,10-12,15,17-18H,4-5,8-9,30H2,1H3,(H2,31,38)/t15-,17-,18+. The minimum atomic E-state index is -0.701. The first-order valence-corrected chi connectivity index (χ1v) is 12.4. The quantitative estimate of drug-likeness (QED) is 0.388. The van der Waals surface area contributed by atoms with Crippen LogP contribution in [0.25, 0.3) is 28.0 Å². The zero-order valence-corrected chi connectivity index (χ0v) is 20.6. The number of rotatable bonds is 4. The number of Topliss-reactive ketones (excluding diaryl/α,β-unsaturated/α-hetero) is 1. The van der Waals surface area contributed by atoms with Gasteiger partial charge in [-0.15, -0.1) is 0 Å². The van der Waals surface area contributed by atoms with Crippen LogP contribution in [-0.2, 0) is 0 Å². The molecule has 0 unspecified atom stereocenters. The second kappa shape index (κ2) is 8.86. The number of primary amides is 1. The number of fused-ring (bicyclic) bond motifs is 3. The third kappa shape index (κ3) is 3.77. The minimum absolute atomic E-state index is 0.00305. The van der Waals surface area contributed by atoms with E-state index in [0.717, 1.165) is 18.9 Å². The number of nitrogens with zero attached hydrogens (tertiary/aromatic N) is 5. The van der Waals surface area contributed by atoms with Crippen LogP contribution >= 0.6 is 0 Å². The van der Waals surface area contributed by atoms with Crippen LogP contribution in [0.15, 0.2) is 42.7 Å². The fourth-order valence-electron chi connectivity index (χ4n) is 6.06. The molecule has 2 saturated heterocycles. The normalized spacial score (nSPS) is 20.7. The average molecular weight is 518 g/mol. The first-order valence-electron chi connectivity index (χ1n) is 12.4. The number of anilines is 1. The van der Waals surface area contributed by atoms with Gasteiger partial charge in [0.05, 0.1) is 23.1 Å². The highest BCUT2D eigenvalue weighted by Crippen LogP contribution is 2.44. The van der Waals surface area contributed by atoms with Crippen LogP contribution in [0, 0.1) is 11.6 Å². The van der Waals surface area contributed by atoms with E-state index in [4.69, 9.17) is 16.5 Å². The number of ketones is 1. The maximum atomic E-state index is 14.2. The average Bonchev–Trinajstić information content (AvgIpc) is 3.42. The Morgan fingerprint density at radius 3 is 2.37 bits per heavy atom. The Bertz CT molecular complexity index is 1590. The summed E-state index contributed by atoms with van der Waals surface area (Å²) in [6.45, 7) is 1.46. The fourth-order valence-corrected chi connectivity index (χ4v) is 6.06. The van der Waals surface area contributed by atoms with Gasteiger partial charge in [-0.3, -0.25) is 9.78 Å². The number of hydrogen-bond acceptors (Lipinski definition) is 6. The van der Waals surface area contributed by atoms with Crippen molar-refractivity contribution in [2.75, 3.05) is 5.73 Å². The number of amides is 2. The number of urea groups is 1. The summed E-state index contributed by atoms with van der Waals surface area (Å²) in [5.74, 6) is -1.44. The van der Waals surface area contributed by atoms with E-state index in [1.807, 2.05) is 0 Å². The minimum Gasteiger partial charge on any atom is -0.383 e. The van der Waals surface area contributed by atoms with Gasteiger partial charge in [0.1, 0.15) is 17.5 Å². The van der Waals surface area contributed by atoms with Gasteiger partial charge in [0.25, 0.3) is 0 Å². The summed E-state index contributed by atoms with van der Waals surface area (Å²) < 4.78 is 29.0. The van der Waals surface area contributed by atoms with Gasteiger partial charge < -0.3 is 16.4 Å². The first kappa shape index (κ1) is 24.0.